The van der Waals surface area contributed by atoms with E-state index in [4.69, 9.17) is 0 Å². The molecule has 1 aromatic rings. The van der Waals surface area contributed by atoms with Gasteiger partial charge in [0.1, 0.15) is 4.21 Å². The fourth-order valence-electron chi connectivity index (χ4n) is 0.968. The number of sulfonamides is 1. The lowest BCUT2D eigenvalue weighted by atomic mass is 10.3. The normalized spacial score (nSPS) is 14.1. The zero-order valence-corrected chi connectivity index (χ0v) is 12.8. The van der Waals surface area contributed by atoms with E-state index in [2.05, 4.69) is 36.6 Å². The Hall–Kier alpha value is 0.570. The number of nitrogens with one attached hydrogen (secondary N) is 1. The van der Waals surface area contributed by atoms with Crippen molar-refractivity contribution in [2.75, 3.05) is 5.33 Å². The molecule has 86 valence electrons. The molecule has 0 aliphatic rings. The Bertz CT molecular complexity index is 412. The van der Waals surface area contributed by atoms with Crippen LogP contribution in [0.1, 0.15) is 13.3 Å². The second-order valence-electron chi connectivity index (χ2n) is 2.94. The van der Waals surface area contributed by atoms with Crippen molar-refractivity contribution in [3.8, 4) is 0 Å². The van der Waals surface area contributed by atoms with Crippen molar-refractivity contribution >= 4 is 53.2 Å². The van der Waals surface area contributed by atoms with Gasteiger partial charge < -0.3 is 0 Å². The van der Waals surface area contributed by atoms with Crippen molar-refractivity contribution in [2.24, 2.45) is 0 Å². The summed E-state index contributed by atoms with van der Waals surface area (Å²) in [6.45, 7) is 1.94. The highest BCUT2D eigenvalue weighted by atomic mass is 79.9. The van der Waals surface area contributed by atoms with Crippen molar-refractivity contribution < 1.29 is 8.42 Å². The summed E-state index contributed by atoms with van der Waals surface area (Å²) in [7, 11) is -3.38. The van der Waals surface area contributed by atoms with Gasteiger partial charge in [-0.05, 0) is 33.8 Å². The summed E-state index contributed by atoms with van der Waals surface area (Å²) in [5, 5.41) is 2.36. The Kier molecular flexibility index (Phi) is 5.24. The van der Waals surface area contributed by atoms with Crippen LogP contribution in [0.3, 0.4) is 0 Å². The maximum atomic E-state index is 11.9. The molecule has 1 aromatic heterocycles. The number of rotatable bonds is 5. The molecule has 0 fully saturated rings. The van der Waals surface area contributed by atoms with Gasteiger partial charge in [-0.1, -0.05) is 22.9 Å². The third kappa shape index (κ3) is 3.52. The molecule has 1 unspecified atom stereocenters. The molecular weight excluding hydrogens is 366 g/mol. The first-order valence-electron chi connectivity index (χ1n) is 4.32. The van der Waals surface area contributed by atoms with Gasteiger partial charge in [0.05, 0.1) is 0 Å². The first-order valence-corrected chi connectivity index (χ1v) is 8.60. The van der Waals surface area contributed by atoms with Crippen LogP contribution in [-0.2, 0) is 10.0 Å². The van der Waals surface area contributed by atoms with Crippen LogP contribution in [0.25, 0.3) is 0 Å². The first kappa shape index (κ1) is 13.6. The molecule has 0 bridgehead atoms. The standard InChI is InChI=1S/C8H11Br2NO2S2/c1-2-6(5-9)11-15(12,13)8-7(10)3-4-14-8/h3-4,6,11H,2,5H2,1H3. The molecule has 0 radical (unpaired) electrons. The molecule has 0 aliphatic carbocycles. The smallest absolute Gasteiger partial charge is 0.207 e. The van der Waals surface area contributed by atoms with Gasteiger partial charge in [0, 0.05) is 15.8 Å². The van der Waals surface area contributed by atoms with Crippen LogP contribution >= 0.6 is 43.2 Å². The zero-order chi connectivity index (χ0) is 11.5. The van der Waals surface area contributed by atoms with E-state index in [1.807, 2.05) is 6.92 Å². The topological polar surface area (TPSA) is 46.2 Å². The highest BCUT2D eigenvalue weighted by Crippen LogP contribution is 2.27. The third-order valence-electron chi connectivity index (χ3n) is 1.83. The lowest BCUT2D eigenvalue weighted by Crippen LogP contribution is -2.35. The van der Waals surface area contributed by atoms with Crippen LogP contribution in [0.5, 0.6) is 0 Å². The predicted molar refractivity (Wildman–Crippen MR) is 70.2 cm³/mol. The first-order chi connectivity index (χ1) is 7.01. The van der Waals surface area contributed by atoms with Gasteiger partial charge in [-0.3, -0.25) is 0 Å². The van der Waals surface area contributed by atoms with Crippen LogP contribution in [-0.4, -0.2) is 19.8 Å². The molecular formula is C8H11Br2NO2S2. The van der Waals surface area contributed by atoms with Crippen molar-refractivity contribution in [2.45, 2.75) is 23.6 Å². The van der Waals surface area contributed by atoms with Crippen LogP contribution in [0.15, 0.2) is 20.1 Å². The van der Waals surface area contributed by atoms with E-state index in [-0.39, 0.29) is 6.04 Å². The zero-order valence-electron chi connectivity index (χ0n) is 8.04. The molecule has 15 heavy (non-hydrogen) atoms. The Morgan fingerprint density at radius 3 is 2.67 bits per heavy atom. The van der Waals surface area contributed by atoms with Crippen molar-refractivity contribution in [1.29, 1.82) is 0 Å². The van der Waals surface area contributed by atoms with Gasteiger partial charge in [-0.15, -0.1) is 11.3 Å². The van der Waals surface area contributed by atoms with Crippen LogP contribution in [0.4, 0.5) is 0 Å². The maximum absolute atomic E-state index is 11.9. The second kappa shape index (κ2) is 5.77. The summed E-state index contributed by atoms with van der Waals surface area (Å²) in [6, 6.07) is 1.66. The molecule has 0 amide bonds. The second-order valence-corrected chi connectivity index (χ2v) is 7.26. The van der Waals surface area contributed by atoms with Crippen LogP contribution < -0.4 is 4.72 Å². The van der Waals surface area contributed by atoms with Crippen molar-refractivity contribution in [1.82, 2.24) is 4.72 Å². The third-order valence-corrected chi connectivity index (χ3v) is 6.80. The highest BCUT2D eigenvalue weighted by Gasteiger charge is 2.21. The Morgan fingerprint density at radius 2 is 2.27 bits per heavy atom. The summed E-state index contributed by atoms with van der Waals surface area (Å²) in [5.41, 5.74) is 0. The number of hydrogen-bond donors (Lipinski definition) is 1. The van der Waals surface area contributed by atoms with E-state index < -0.39 is 10.0 Å². The lowest BCUT2D eigenvalue weighted by Gasteiger charge is -2.13. The monoisotopic (exact) mass is 375 g/mol. The predicted octanol–water partition coefficient (Wildman–Crippen LogP) is 2.96. The minimum Gasteiger partial charge on any atom is -0.207 e. The van der Waals surface area contributed by atoms with Crippen LogP contribution in [0, 0.1) is 0 Å². The highest BCUT2D eigenvalue weighted by molar-refractivity contribution is 9.10. The molecule has 3 nitrogen and oxygen atoms in total. The number of thiophene rings is 1. The quantitative estimate of drug-likeness (QED) is 0.803. The van der Waals surface area contributed by atoms with Gasteiger partial charge in [0.25, 0.3) is 10.0 Å². The van der Waals surface area contributed by atoms with Gasteiger partial charge in [-0.2, -0.15) is 0 Å². The molecule has 1 rings (SSSR count). The van der Waals surface area contributed by atoms with E-state index >= 15 is 0 Å². The summed E-state index contributed by atoms with van der Waals surface area (Å²) in [5.74, 6) is 0. The average Bonchev–Trinajstić information content (AvgIpc) is 2.61. The molecule has 0 spiro atoms. The SMILES string of the molecule is CCC(CBr)NS(=O)(=O)c1sccc1Br. The Labute approximate surface area is 111 Å². The van der Waals surface area contributed by atoms with Gasteiger partial charge in [-0.25, -0.2) is 13.1 Å². The number of alkyl halides is 1. The summed E-state index contributed by atoms with van der Waals surface area (Å²) in [4.78, 5) is 0. The summed E-state index contributed by atoms with van der Waals surface area (Å²) in [6.07, 6.45) is 0.757. The van der Waals surface area contributed by atoms with Gasteiger partial charge >= 0.3 is 0 Å². The van der Waals surface area contributed by atoms with E-state index in [0.29, 0.717) is 14.0 Å². The number of halogens is 2. The maximum Gasteiger partial charge on any atom is 0.251 e. The molecule has 1 N–H and O–H groups in total. The minimum atomic E-state index is -3.38. The molecule has 0 aliphatic heterocycles. The summed E-state index contributed by atoms with van der Waals surface area (Å²) >= 11 is 7.70. The van der Waals surface area contributed by atoms with E-state index in [9.17, 15) is 8.42 Å². The van der Waals surface area contributed by atoms with Crippen molar-refractivity contribution in [3.05, 3.63) is 15.9 Å². The molecule has 7 heteroatoms. The van der Waals surface area contributed by atoms with E-state index in [1.165, 1.54) is 11.3 Å². The molecule has 1 heterocycles. The van der Waals surface area contributed by atoms with Crippen molar-refractivity contribution in [3.63, 3.8) is 0 Å². The van der Waals surface area contributed by atoms with Gasteiger partial charge in [0.2, 0.25) is 0 Å². The Balaban J connectivity index is 2.90. The lowest BCUT2D eigenvalue weighted by molar-refractivity contribution is 0.560. The van der Waals surface area contributed by atoms with E-state index in [0.717, 1.165) is 6.42 Å². The molecule has 0 aromatic carbocycles. The largest absolute Gasteiger partial charge is 0.251 e. The summed E-state index contributed by atoms with van der Waals surface area (Å²) < 4.78 is 27.4. The molecule has 1 atom stereocenters. The van der Waals surface area contributed by atoms with E-state index in [1.54, 1.807) is 11.4 Å². The number of hydrogen-bond acceptors (Lipinski definition) is 3. The minimum absolute atomic E-state index is 0.0657. The van der Waals surface area contributed by atoms with Crippen LogP contribution in [0.2, 0.25) is 0 Å². The fourth-order valence-corrected chi connectivity index (χ4v) is 5.48. The fraction of sp³-hybridized carbons (Fsp3) is 0.500. The molecule has 0 saturated heterocycles. The molecule has 0 saturated carbocycles. The Morgan fingerprint density at radius 1 is 1.60 bits per heavy atom. The van der Waals surface area contributed by atoms with Gasteiger partial charge in [0.15, 0.2) is 0 Å². The average molecular weight is 377 g/mol.